The number of nitrogens with one attached hydrogen (secondary N) is 1. The largest absolute Gasteiger partial charge is 1.00 e. The minimum absolute atomic E-state index is 0. The monoisotopic (exact) mass is 542 g/mol. The van der Waals surface area contributed by atoms with Crippen LogP contribution in [0.5, 0.6) is 0 Å². The summed E-state index contributed by atoms with van der Waals surface area (Å²) < 4.78 is 5.21. The maximum atomic E-state index is 13.5. The van der Waals surface area contributed by atoms with Gasteiger partial charge in [-0.3, -0.25) is 0 Å². The van der Waals surface area contributed by atoms with Gasteiger partial charge in [0.1, 0.15) is 0 Å². The van der Waals surface area contributed by atoms with Gasteiger partial charge in [-0.15, -0.1) is 0 Å². The van der Waals surface area contributed by atoms with E-state index < -0.39 is 24.0 Å². The Bertz CT molecular complexity index is 1130. The molecule has 0 aliphatic heterocycles. The van der Waals surface area contributed by atoms with Gasteiger partial charge in [-0.25, -0.2) is 0 Å². The van der Waals surface area contributed by atoms with Crippen molar-refractivity contribution in [2.75, 3.05) is 0 Å². The van der Waals surface area contributed by atoms with Crippen molar-refractivity contribution in [1.82, 2.24) is 3.80 Å². The number of carbonyl (C=O) groups is 1. The predicted molar refractivity (Wildman–Crippen MR) is 133 cm³/mol. The fraction of sp³-hybridized carbons (Fsp3) is 0.179. The number of amides is 1. The van der Waals surface area contributed by atoms with E-state index >= 15 is 0 Å². The Hall–Kier alpha value is -1.88. The van der Waals surface area contributed by atoms with Crippen molar-refractivity contribution in [3.63, 3.8) is 0 Å². The predicted octanol–water partition coefficient (Wildman–Crippen LogP) is -1.24. The number of allylic oxidation sites excluding steroid dienone is 4. The Morgan fingerprint density at radius 1 is 0.735 bits per heavy atom. The zero-order valence-corrected chi connectivity index (χ0v) is 24.2. The van der Waals surface area contributed by atoms with Crippen LogP contribution in [0.15, 0.2) is 112 Å². The van der Waals surface area contributed by atoms with Crippen molar-refractivity contribution in [2.24, 2.45) is 5.92 Å². The Balaban J connectivity index is 0.00000204. The first-order valence-electron chi connectivity index (χ1n) is 11.2. The van der Waals surface area contributed by atoms with Crippen LogP contribution in [0.3, 0.4) is 0 Å². The summed E-state index contributed by atoms with van der Waals surface area (Å²) in [5.74, 6) is 0.461. The first-order chi connectivity index (χ1) is 15.5. The maximum Gasteiger partial charge on any atom is -1.00 e. The van der Waals surface area contributed by atoms with Crippen molar-refractivity contribution in [1.29, 1.82) is 0 Å². The molecule has 0 saturated heterocycles. The number of hydrogen-bond acceptors (Lipinski definition) is 1. The van der Waals surface area contributed by atoms with E-state index in [0.717, 1.165) is 5.56 Å². The van der Waals surface area contributed by atoms with Gasteiger partial charge in [0.15, 0.2) is 0 Å². The zero-order chi connectivity index (χ0) is 22.7. The van der Waals surface area contributed by atoms with Crippen LogP contribution >= 0.6 is 0 Å². The van der Waals surface area contributed by atoms with Gasteiger partial charge in [0.05, 0.1) is 0 Å². The minimum Gasteiger partial charge on any atom is -1.00 e. The third-order valence-corrected chi connectivity index (χ3v) is 20.1. The molecule has 0 radical (unpaired) electrons. The molecule has 175 valence electrons. The smallest absolute Gasteiger partial charge is 1.00 e. The zero-order valence-electron chi connectivity index (χ0n) is 20.0. The molecular weight excluding hydrogens is 513 g/mol. The summed E-state index contributed by atoms with van der Waals surface area (Å²) in [6.07, 6.45) is 0. The van der Waals surface area contributed by atoms with Gasteiger partial charge in [0, 0.05) is 0 Å². The van der Waals surface area contributed by atoms with Crippen LogP contribution < -0.4 is 39.0 Å². The van der Waals surface area contributed by atoms with E-state index in [0.29, 0.717) is 5.92 Å². The van der Waals surface area contributed by atoms with Crippen LogP contribution in [-0.2, 0) is 17.4 Å². The molecular formula is C28H30Cl2NOSiTi. The quantitative estimate of drug-likeness (QED) is 0.388. The number of rotatable bonds is 6. The molecule has 1 unspecified atom stereocenters. The van der Waals surface area contributed by atoms with Gasteiger partial charge in [0.25, 0.3) is 0 Å². The van der Waals surface area contributed by atoms with Gasteiger partial charge in [-0.1, -0.05) is 0 Å². The van der Waals surface area contributed by atoms with Crippen molar-refractivity contribution >= 4 is 22.9 Å². The Labute approximate surface area is 223 Å². The van der Waals surface area contributed by atoms with Crippen LogP contribution in [-0.4, -0.2) is 12.6 Å². The molecule has 1 amide bonds. The van der Waals surface area contributed by atoms with Crippen LogP contribution in [0.4, 0.5) is 0 Å². The molecule has 6 heteroatoms. The first-order valence-corrected chi connectivity index (χ1v) is 17.2. The maximum absolute atomic E-state index is 13.5. The van der Waals surface area contributed by atoms with Gasteiger partial charge in [-0.2, -0.15) is 0 Å². The minimum atomic E-state index is -2.27. The van der Waals surface area contributed by atoms with E-state index in [1.807, 2.05) is 30.3 Å². The van der Waals surface area contributed by atoms with Crippen LogP contribution in [0.2, 0.25) is 0 Å². The van der Waals surface area contributed by atoms with Crippen LogP contribution in [0, 0.1) is 5.92 Å². The molecule has 2 nitrogen and oxygen atoms in total. The molecule has 0 aromatic heterocycles. The molecule has 1 N–H and O–H groups in total. The van der Waals surface area contributed by atoms with Gasteiger partial charge in [-0.05, 0) is 0 Å². The van der Waals surface area contributed by atoms with E-state index in [1.165, 1.54) is 31.0 Å². The second kappa shape index (κ2) is 12.7. The molecule has 1 aliphatic rings. The van der Waals surface area contributed by atoms with E-state index in [4.69, 9.17) is 0 Å². The second-order valence-electron chi connectivity index (χ2n) is 8.56. The van der Waals surface area contributed by atoms with E-state index in [9.17, 15) is 4.79 Å². The number of halogens is 2. The van der Waals surface area contributed by atoms with E-state index in [-0.39, 0.29) is 30.7 Å². The fourth-order valence-electron chi connectivity index (χ4n) is 4.69. The van der Waals surface area contributed by atoms with Gasteiger partial charge >= 0.3 is 200 Å². The Morgan fingerprint density at radius 3 is 1.59 bits per heavy atom. The van der Waals surface area contributed by atoms with E-state index in [2.05, 4.69) is 92.2 Å². The standard InChI is InChI=1S/C12H11Si.C9H13.C7H7NO.2ClH.Ti/c1-3-7-11(8-4-1)13-12-9-5-2-6-10-12;1-6-5-7(2)9(4)8(6)3;8-7(9)6-4-2-1-3-5-6;;;/h1-10,13H;6H,1-4H3;1-5H,(H2,8,9);2*1H;/q;;;;;+3/p-3. The van der Waals surface area contributed by atoms with Crippen molar-refractivity contribution in [3.8, 4) is 0 Å². The molecule has 1 atom stereocenters. The number of carbonyl (C=O) groups excluding carboxylic acids is 1. The first kappa shape index (κ1) is 28.4. The van der Waals surface area contributed by atoms with Gasteiger partial charge in [0.2, 0.25) is 0 Å². The number of benzene rings is 3. The molecule has 0 heterocycles. The summed E-state index contributed by atoms with van der Waals surface area (Å²) in [6, 6.07) is 31.5. The average molecular weight is 543 g/mol. The topological polar surface area (TPSA) is 29.1 Å². The summed E-state index contributed by atoms with van der Waals surface area (Å²) in [6.45, 7) is 7.41. The summed E-state index contributed by atoms with van der Waals surface area (Å²) >= 11 is -2.27. The van der Waals surface area contributed by atoms with E-state index in [1.54, 1.807) is 0 Å². The molecule has 0 spiro atoms. The summed E-state index contributed by atoms with van der Waals surface area (Å²) in [4.78, 5) is 13.5. The Kier molecular flexibility index (Phi) is 10.6. The molecule has 0 fully saturated rings. The normalized spacial score (nSPS) is 15.0. The van der Waals surface area contributed by atoms with Crippen molar-refractivity contribution in [3.05, 3.63) is 117 Å². The third kappa shape index (κ3) is 5.84. The van der Waals surface area contributed by atoms with Crippen LogP contribution in [0.25, 0.3) is 0 Å². The number of hydrogen-bond donors (Lipinski definition) is 1. The molecule has 0 saturated carbocycles. The average Bonchev–Trinajstić information content (AvgIpc) is 3.03. The summed E-state index contributed by atoms with van der Waals surface area (Å²) in [5, 5.41) is 2.83. The van der Waals surface area contributed by atoms with Crippen LogP contribution in [0.1, 0.15) is 38.1 Å². The summed E-state index contributed by atoms with van der Waals surface area (Å²) in [5.41, 5.74) is 5.00. The summed E-state index contributed by atoms with van der Waals surface area (Å²) in [7, 11) is 0. The molecule has 3 aromatic carbocycles. The molecule has 4 rings (SSSR count). The molecule has 0 bridgehead atoms. The Morgan fingerprint density at radius 2 is 1.18 bits per heavy atom. The molecule has 34 heavy (non-hydrogen) atoms. The van der Waals surface area contributed by atoms with Crippen molar-refractivity contribution in [2.45, 2.75) is 27.7 Å². The van der Waals surface area contributed by atoms with Crippen molar-refractivity contribution < 1.29 is 47.0 Å². The van der Waals surface area contributed by atoms with Gasteiger partial charge < -0.3 is 24.8 Å². The fourth-order valence-corrected chi connectivity index (χ4v) is 19.7. The SMILES string of the molecule is CC1=C(C)C(C)[C]([Ti+2]([NH]C(=O)c2ccccc2)[SiH](c2ccccc2)c2ccccc2)=C1C.[Cl-].[Cl-]. The molecule has 1 aliphatic carbocycles. The third-order valence-electron chi connectivity index (χ3n) is 6.77. The second-order valence-corrected chi connectivity index (χ2v) is 18.4. The molecule has 3 aromatic rings.